The minimum Gasteiger partial charge on any atom is -0.306 e. The van der Waals surface area contributed by atoms with Gasteiger partial charge < -0.3 is 4.98 Å². The minimum atomic E-state index is -0.478. The number of aromatic amines is 1. The summed E-state index contributed by atoms with van der Waals surface area (Å²) in [6.45, 7) is 0. The third kappa shape index (κ3) is 2.25. The van der Waals surface area contributed by atoms with Gasteiger partial charge in [0.15, 0.2) is 0 Å². The van der Waals surface area contributed by atoms with E-state index >= 15 is 0 Å². The van der Waals surface area contributed by atoms with Crippen molar-refractivity contribution in [3.8, 4) is 11.4 Å². The molecule has 0 spiro atoms. The predicted octanol–water partition coefficient (Wildman–Crippen LogP) is 2.83. The molecule has 0 fully saturated rings. The molecule has 1 aromatic heterocycles. The first kappa shape index (κ1) is 11.5. The van der Waals surface area contributed by atoms with Crippen molar-refractivity contribution in [2.24, 2.45) is 0 Å². The lowest BCUT2D eigenvalue weighted by molar-refractivity contribution is 0.630. The Kier molecular flexibility index (Phi) is 3.25. The van der Waals surface area contributed by atoms with Crippen LogP contribution in [0.4, 0.5) is 4.39 Å². The van der Waals surface area contributed by atoms with Crippen LogP contribution in [-0.4, -0.2) is 9.97 Å². The van der Waals surface area contributed by atoms with Gasteiger partial charge in [0.25, 0.3) is 5.56 Å². The summed E-state index contributed by atoms with van der Waals surface area (Å²) in [5, 5.41) is 0.387. The molecule has 1 N–H and O–H groups in total. The van der Waals surface area contributed by atoms with Crippen LogP contribution in [0.3, 0.4) is 0 Å². The molecule has 1 heterocycles. The van der Waals surface area contributed by atoms with Crippen LogP contribution in [0.2, 0.25) is 5.02 Å². The first-order chi connectivity index (χ1) is 7.58. The number of rotatable bonds is 1. The topological polar surface area (TPSA) is 45.8 Å². The third-order valence-corrected chi connectivity index (χ3v) is 2.94. The molecule has 0 amide bonds. The Labute approximate surface area is 109 Å². The second kappa shape index (κ2) is 4.50. The summed E-state index contributed by atoms with van der Waals surface area (Å²) < 4.78 is 13.9. The fourth-order valence-electron chi connectivity index (χ4n) is 1.20. The average Bonchev–Trinajstić information content (AvgIpc) is 2.26. The Morgan fingerprint density at radius 2 is 2.19 bits per heavy atom. The summed E-state index contributed by atoms with van der Waals surface area (Å²) in [5.41, 5.74) is -0.119. The highest BCUT2D eigenvalue weighted by Gasteiger charge is 2.08. The molecule has 0 unspecified atom stereocenters. The standard InChI is InChI=1S/C10H5ClFIN2O/c11-5-1-2-7(12)6(3-5)9-14-4-8(13)10(16)15-9/h1-4H,(H,14,15,16). The SMILES string of the molecule is O=c1[nH]c(-c2cc(Cl)ccc2F)ncc1I. The van der Waals surface area contributed by atoms with Crippen molar-refractivity contribution in [2.45, 2.75) is 0 Å². The number of halogens is 3. The van der Waals surface area contributed by atoms with E-state index < -0.39 is 5.82 Å². The van der Waals surface area contributed by atoms with Crippen molar-refractivity contribution >= 4 is 34.2 Å². The van der Waals surface area contributed by atoms with Gasteiger partial charge in [0.2, 0.25) is 0 Å². The quantitative estimate of drug-likeness (QED) is 0.804. The molecule has 0 atom stereocenters. The van der Waals surface area contributed by atoms with E-state index in [0.29, 0.717) is 8.59 Å². The molecule has 6 heteroatoms. The van der Waals surface area contributed by atoms with Crippen molar-refractivity contribution < 1.29 is 4.39 Å². The average molecular weight is 351 g/mol. The van der Waals surface area contributed by atoms with Gasteiger partial charge in [-0.15, -0.1) is 0 Å². The maximum Gasteiger partial charge on any atom is 0.264 e. The number of aromatic nitrogens is 2. The van der Waals surface area contributed by atoms with Crippen molar-refractivity contribution in [2.75, 3.05) is 0 Å². The number of hydrogen-bond acceptors (Lipinski definition) is 2. The lowest BCUT2D eigenvalue weighted by Crippen LogP contribution is -2.11. The molecule has 3 nitrogen and oxygen atoms in total. The fourth-order valence-corrected chi connectivity index (χ4v) is 1.64. The molecule has 0 aliphatic carbocycles. The Morgan fingerprint density at radius 1 is 1.44 bits per heavy atom. The highest BCUT2D eigenvalue weighted by molar-refractivity contribution is 14.1. The second-order valence-corrected chi connectivity index (χ2v) is 4.63. The highest BCUT2D eigenvalue weighted by atomic mass is 127. The molecule has 2 rings (SSSR count). The van der Waals surface area contributed by atoms with Crippen LogP contribution in [0.15, 0.2) is 29.2 Å². The number of nitrogens with one attached hydrogen (secondary N) is 1. The van der Waals surface area contributed by atoms with Gasteiger partial charge in [-0.3, -0.25) is 4.79 Å². The van der Waals surface area contributed by atoms with Crippen LogP contribution < -0.4 is 5.56 Å². The Balaban J connectivity index is 2.63. The van der Waals surface area contributed by atoms with Crippen molar-refractivity contribution in [3.63, 3.8) is 0 Å². The van der Waals surface area contributed by atoms with Gasteiger partial charge in [-0.1, -0.05) is 11.6 Å². The lowest BCUT2D eigenvalue weighted by Gasteiger charge is -2.02. The van der Waals surface area contributed by atoms with Crippen LogP contribution in [0.25, 0.3) is 11.4 Å². The molecular formula is C10H5ClFIN2O. The number of benzene rings is 1. The summed E-state index contributed by atoms with van der Waals surface area (Å²) in [6, 6.07) is 4.09. The molecular weight excluding hydrogens is 345 g/mol. The Hall–Kier alpha value is -0.950. The molecule has 16 heavy (non-hydrogen) atoms. The molecule has 0 bridgehead atoms. The van der Waals surface area contributed by atoms with E-state index in [-0.39, 0.29) is 16.9 Å². The minimum absolute atomic E-state index is 0.172. The van der Waals surface area contributed by atoms with Gasteiger partial charge >= 0.3 is 0 Å². The Bertz CT molecular complexity index is 600. The summed E-state index contributed by atoms with van der Waals surface area (Å²) in [7, 11) is 0. The smallest absolute Gasteiger partial charge is 0.264 e. The molecule has 0 aliphatic heterocycles. The monoisotopic (exact) mass is 350 g/mol. The first-order valence-corrected chi connectivity index (χ1v) is 5.74. The normalized spacial score (nSPS) is 10.4. The maximum atomic E-state index is 13.5. The van der Waals surface area contributed by atoms with E-state index in [4.69, 9.17) is 11.6 Å². The van der Waals surface area contributed by atoms with Crippen LogP contribution in [-0.2, 0) is 0 Å². The summed E-state index contributed by atoms with van der Waals surface area (Å²) in [5.74, 6) is -0.306. The van der Waals surface area contributed by atoms with E-state index in [1.165, 1.54) is 24.4 Å². The van der Waals surface area contributed by atoms with E-state index in [2.05, 4.69) is 9.97 Å². The lowest BCUT2D eigenvalue weighted by atomic mass is 10.2. The van der Waals surface area contributed by atoms with Crippen molar-refractivity contribution in [1.82, 2.24) is 9.97 Å². The van der Waals surface area contributed by atoms with Gasteiger partial charge in [-0.25, -0.2) is 9.37 Å². The Morgan fingerprint density at radius 3 is 2.88 bits per heavy atom. The largest absolute Gasteiger partial charge is 0.306 e. The summed E-state index contributed by atoms with van der Waals surface area (Å²) in [6.07, 6.45) is 1.38. The molecule has 2 aromatic rings. The van der Waals surface area contributed by atoms with E-state index in [9.17, 15) is 9.18 Å². The van der Waals surface area contributed by atoms with Gasteiger partial charge in [0.05, 0.1) is 9.13 Å². The number of hydrogen-bond donors (Lipinski definition) is 1. The first-order valence-electron chi connectivity index (χ1n) is 4.28. The molecule has 0 saturated carbocycles. The van der Waals surface area contributed by atoms with E-state index in [1.54, 1.807) is 0 Å². The zero-order chi connectivity index (χ0) is 11.7. The van der Waals surface area contributed by atoms with Gasteiger partial charge in [0.1, 0.15) is 11.6 Å². The fraction of sp³-hybridized carbons (Fsp3) is 0. The molecule has 0 aliphatic rings. The van der Waals surface area contributed by atoms with Gasteiger partial charge in [-0.05, 0) is 40.8 Å². The van der Waals surface area contributed by atoms with Crippen LogP contribution in [0.5, 0.6) is 0 Å². The number of H-pyrrole nitrogens is 1. The highest BCUT2D eigenvalue weighted by Crippen LogP contribution is 2.22. The van der Waals surface area contributed by atoms with Crippen LogP contribution in [0, 0.1) is 9.39 Å². The zero-order valence-electron chi connectivity index (χ0n) is 7.80. The van der Waals surface area contributed by atoms with Crippen LogP contribution >= 0.6 is 34.2 Å². The van der Waals surface area contributed by atoms with E-state index in [1.807, 2.05) is 22.6 Å². The number of nitrogens with zero attached hydrogens (tertiary/aromatic N) is 1. The summed E-state index contributed by atoms with van der Waals surface area (Å²) in [4.78, 5) is 17.8. The molecule has 0 radical (unpaired) electrons. The zero-order valence-corrected chi connectivity index (χ0v) is 10.7. The van der Waals surface area contributed by atoms with Crippen molar-refractivity contribution in [3.05, 3.63) is 49.2 Å². The van der Waals surface area contributed by atoms with Gasteiger partial charge in [0, 0.05) is 11.2 Å². The molecule has 82 valence electrons. The van der Waals surface area contributed by atoms with E-state index in [0.717, 1.165) is 0 Å². The predicted molar refractivity (Wildman–Crippen MR) is 68.0 cm³/mol. The van der Waals surface area contributed by atoms with Crippen molar-refractivity contribution in [1.29, 1.82) is 0 Å². The van der Waals surface area contributed by atoms with Crippen LogP contribution in [0.1, 0.15) is 0 Å². The molecule has 0 saturated heterocycles. The second-order valence-electron chi connectivity index (χ2n) is 3.03. The third-order valence-electron chi connectivity index (χ3n) is 1.94. The molecule has 1 aromatic carbocycles. The van der Waals surface area contributed by atoms with Gasteiger partial charge in [-0.2, -0.15) is 0 Å². The maximum absolute atomic E-state index is 13.5. The summed E-state index contributed by atoms with van der Waals surface area (Å²) >= 11 is 7.60.